The van der Waals surface area contributed by atoms with Crippen molar-refractivity contribution >= 4 is 41.5 Å². The highest BCUT2D eigenvalue weighted by Gasteiger charge is 2.21. The fourth-order valence-electron chi connectivity index (χ4n) is 4.31. The fraction of sp³-hybridized carbons (Fsp3) is 0.346. The Kier molecular flexibility index (Phi) is 9.93. The number of aromatic nitrogens is 2. The van der Waals surface area contributed by atoms with E-state index in [4.69, 9.17) is 0 Å². The van der Waals surface area contributed by atoms with E-state index in [0.29, 0.717) is 6.54 Å². The van der Waals surface area contributed by atoms with Gasteiger partial charge in [-0.05, 0) is 54.5 Å². The zero-order valence-corrected chi connectivity index (χ0v) is 21.9. The largest absolute Gasteiger partial charge is 0.352 e. The third-order valence-corrected chi connectivity index (χ3v) is 6.02. The van der Waals surface area contributed by atoms with Gasteiger partial charge in [-0.2, -0.15) is 5.10 Å². The smallest absolute Gasteiger partial charge is 0.246 e. The fourth-order valence-corrected chi connectivity index (χ4v) is 4.31. The van der Waals surface area contributed by atoms with Gasteiger partial charge >= 0.3 is 0 Å². The maximum absolute atomic E-state index is 12.2. The number of amides is 1. The maximum atomic E-state index is 12.2. The van der Waals surface area contributed by atoms with Gasteiger partial charge in [-0.25, -0.2) is 0 Å². The summed E-state index contributed by atoms with van der Waals surface area (Å²) in [6.45, 7) is 2.88. The molecule has 0 radical (unpaired) electrons. The Morgan fingerprint density at radius 2 is 1.82 bits per heavy atom. The number of nitrogens with zero attached hydrogens (tertiary/aromatic N) is 4. The first-order valence-corrected chi connectivity index (χ1v) is 11.6. The van der Waals surface area contributed by atoms with E-state index in [1.54, 1.807) is 23.1 Å². The SMILES string of the molecule is CN=C(NCc1cccc(NC(=O)Cn2cccn2)c1)N1CCC(Cc2ccccc2)CC1.I. The summed E-state index contributed by atoms with van der Waals surface area (Å²) in [5, 5.41) is 10.5. The number of rotatable bonds is 7. The van der Waals surface area contributed by atoms with Crippen molar-refractivity contribution in [2.45, 2.75) is 32.4 Å². The second-order valence-corrected chi connectivity index (χ2v) is 8.47. The summed E-state index contributed by atoms with van der Waals surface area (Å²) in [6, 6.07) is 20.5. The summed E-state index contributed by atoms with van der Waals surface area (Å²) in [6.07, 6.45) is 6.94. The zero-order valence-electron chi connectivity index (χ0n) is 19.6. The van der Waals surface area contributed by atoms with Crippen LogP contribution in [-0.4, -0.2) is 46.7 Å². The summed E-state index contributed by atoms with van der Waals surface area (Å²) in [4.78, 5) is 19.1. The van der Waals surface area contributed by atoms with Crippen LogP contribution in [0.1, 0.15) is 24.0 Å². The summed E-state index contributed by atoms with van der Waals surface area (Å²) in [7, 11) is 1.84. The number of hydrogen-bond acceptors (Lipinski definition) is 3. The Bertz CT molecular complexity index is 1050. The minimum atomic E-state index is -0.0991. The van der Waals surface area contributed by atoms with Crippen LogP contribution in [0.3, 0.4) is 0 Å². The number of guanidine groups is 1. The van der Waals surface area contributed by atoms with Crippen LogP contribution in [0.25, 0.3) is 0 Å². The molecule has 1 aliphatic heterocycles. The molecule has 8 heteroatoms. The highest BCUT2D eigenvalue weighted by Crippen LogP contribution is 2.22. The van der Waals surface area contributed by atoms with Crippen molar-refractivity contribution in [3.8, 4) is 0 Å². The third kappa shape index (κ3) is 7.58. The highest BCUT2D eigenvalue weighted by atomic mass is 127. The van der Waals surface area contributed by atoms with Crippen molar-refractivity contribution in [1.29, 1.82) is 0 Å². The molecule has 4 rings (SSSR count). The van der Waals surface area contributed by atoms with E-state index in [9.17, 15) is 4.79 Å². The minimum Gasteiger partial charge on any atom is -0.352 e. The van der Waals surface area contributed by atoms with Crippen LogP contribution >= 0.6 is 24.0 Å². The minimum absolute atomic E-state index is 0. The van der Waals surface area contributed by atoms with Gasteiger partial charge in [0.25, 0.3) is 0 Å². The zero-order chi connectivity index (χ0) is 22.9. The molecule has 0 saturated carbocycles. The van der Waals surface area contributed by atoms with Gasteiger partial charge in [0.15, 0.2) is 5.96 Å². The van der Waals surface area contributed by atoms with Crippen LogP contribution in [0.15, 0.2) is 78.0 Å². The van der Waals surface area contributed by atoms with Crippen LogP contribution in [0, 0.1) is 5.92 Å². The first-order valence-electron chi connectivity index (χ1n) is 11.6. The van der Waals surface area contributed by atoms with Crippen LogP contribution < -0.4 is 10.6 Å². The molecular formula is C26H33IN6O. The molecule has 180 valence electrons. The topological polar surface area (TPSA) is 74.5 Å². The molecule has 0 bridgehead atoms. The number of likely N-dealkylation sites (tertiary alicyclic amines) is 1. The summed E-state index contributed by atoms with van der Waals surface area (Å²) < 4.78 is 1.60. The van der Waals surface area contributed by atoms with Gasteiger partial charge in [-0.1, -0.05) is 42.5 Å². The Balaban J connectivity index is 0.00000324. The van der Waals surface area contributed by atoms with Gasteiger partial charge in [0.1, 0.15) is 6.54 Å². The quantitative estimate of drug-likeness (QED) is 0.253. The van der Waals surface area contributed by atoms with Gasteiger partial charge in [0, 0.05) is 44.8 Å². The average Bonchev–Trinajstić information content (AvgIpc) is 3.34. The second kappa shape index (κ2) is 13.1. The van der Waals surface area contributed by atoms with E-state index in [2.05, 4.69) is 62.0 Å². The molecule has 0 unspecified atom stereocenters. The Hall–Kier alpha value is -2.88. The Morgan fingerprint density at radius 3 is 2.53 bits per heavy atom. The number of benzene rings is 2. The van der Waals surface area contributed by atoms with Crippen LogP contribution in [0.5, 0.6) is 0 Å². The molecule has 1 aliphatic rings. The van der Waals surface area contributed by atoms with Gasteiger partial charge in [0.2, 0.25) is 5.91 Å². The lowest BCUT2D eigenvalue weighted by atomic mass is 9.90. The lowest BCUT2D eigenvalue weighted by Crippen LogP contribution is -2.45. The van der Waals surface area contributed by atoms with Gasteiger partial charge in [0.05, 0.1) is 0 Å². The number of halogens is 1. The standard InChI is InChI=1S/C26H32N6O.HI/c1-27-26(31-15-11-22(12-16-31)17-21-7-3-2-4-8-21)28-19-23-9-5-10-24(18-23)30-25(33)20-32-14-6-13-29-32;/h2-10,13-14,18,22H,11-12,15-17,19-20H2,1H3,(H,27,28)(H,30,33);1H. The van der Waals surface area contributed by atoms with Crippen molar-refractivity contribution in [2.24, 2.45) is 10.9 Å². The number of anilines is 1. The lowest BCUT2D eigenvalue weighted by Gasteiger charge is -2.34. The van der Waals surface area contributed by atoms with E-state index < -0.39 is 0 Å². The molecule has 7 nitrogen and oxygen atoms in total. The molecule has 1 fully saturated rings. The molecule has 1 aromatic heterocycles. The van der Waals surface area contributed by atoms with Crippen molar-refractivity contribution in [2.75, 3.05) is 25.5 Å². The highest BCUT2D eigenvalue weighted by molar-refractivity contribution is 14.0. The van der Waals surface area contributed by atoms with Gasteiger partial charge in [-0.3, -0.25) is 14.5 Å². The third-order valence-electron chi connectivity index (χ3n) is 6.02. The monoisotopic (exact) mass is 572 g/mol. The summed E-state index contributed by atoms with van der Waals surface area (Å²) >= 11 is 0. The first-order chi connectivity index (χ1) is 16.2. The number of aliphatic imine (C=N–C) groups is 1. The molecule has 1 amide bonds. The van der Waals surface area contributed by atoms with Gasteiger partial charge in [-0.15, -0.1) is 24.0 Å². The van der Waals surface area contributed by atoms with E-state index >= 15 is 0 Å². The number of carbonyl (C=O) groups excluding carboxylic acids is 1. The average molecular weight is 572 g/mol. The van der Waals surface area contributed by atoms with Crippen molar-refractivity contribution in [3.63, 3.8) is 0 Å². The number of piperidine rings is 1. The van der Waals surface area contributed by atoms with E-state index in [0.717, 1.165) is 42.6 Å². The lowest BCUT2D eigenvalue weighted by molar-refractivity contribution is -0.116. The van der Waals surface area contributed by atoms with E-state index in [1.807, 2.05) is 25.2 Å². The molecule has 34 heavy (non-hydrogen) atoms. The summed E-state index contributed by atoms with van der Waals surface area (Å²) in [5.74, 6) is 1.56. The first kappa shape index (κ1) is 25.7. The van der Waals surface area contributed by atoms with Crippen molar-refractivity contribution in [3.05, 3.63) is 84.2 Å². The molecule has 0 spiro atoms. The number of nitrogens with one attached hydrogen (secondary N) is 2. The van der Waals surface area contributed by atoms with E-state index in [-0.39, 0.29) is 36.4 Å². The molecule has 2 aromatic carbocycles. The Labute approximate surface area is 218 Å². The molecular weight excluding hydrogens is 539 g/mol. The maximum Gasteiger partial charge on any atom is 0.246 e. The normalized spacial score (nSPS) is 14.4. The van der Waals surface area contributed by atoms with Crippen LogP contribution in [-0.2, 0) is 24.3 Å². The molecule has 3 aromatic rings. The molecule has 0 aliphatic carbocycles. The molecule has 1 saturated heterocycles. The van der Waals surface area contributed by atoms with Crippen LogP contribution in [0.2, 0.25) is 0 Å². The second-order valence-electron chi connectivity index (χ2n) is 8.47. The molecule has 2 heterocycles. The van der Waals surface area contributed by atoms with Crippen molar-refractivity contribution in [1.82, 2.24) is 20.0 Å². The predicted molar refractivity (Wildman–Crippen MR) is 147 cm³/mol. The molecule has 2 N–H and O–H groups in total. The van der Waals surface area contributed by atoms with Crippen LogP contribution in [0.4, 0.5) is 5.69 Å². The van der Waals surface area contributed by atoms with Gasteiger partial charge < -0.3 is 15.5 Å². The predicted octanol–water partition coefficient (Wildman–Crippen LogP) is 4.17. The molecule has 0 atom stereocenters. The number of hydrogen-bond donors (Lipinski definition) is 2. The van der Waals surface area contributed by atoms with Crippen molar-refractivity contribution < 1.29 is 4.79 Å². The Morgan fingerprint density at radius 1 is 1.06 bits per heavy atom. The number of carbonyl (C=O) groups is 1. The van der Waals surface area contributed by atoms with E-state index in [1.165, 1.54) is 18.4 Å². The summed E-state index contributed by atoms with van der Waals surface area (Å²) in [5.41, 5.74) is 3.30.